The van der Waals surface area contributed by atoms with Crippen LogP contribution in [0.15, 0.2) is 48.6 Å². The largest absolute Gasteiger partial charge is 0.462 e. The lowest BCUT2D eigenvalue weighted by Crippen LogP contribution is -2.30. The lowest BCUT2D eigenvalue weighted by atomic mass is 10.0. The SMILES string of the molecule is CC/C=C\C/C=C\C/C=C\CCCCCCCC(=O)OC(COC(=O)CCCCCCC/C=C\CCCCC)COC(=O)CCCCCCCCCCCCCCCCCCCCCCCCCCCCC. The maximum atomic E-state index is 12.9. The number of ether oxygens (including phenoxy) is 3. The van der Waals surface area contributed by atoms with E-state index in [1.165, 1.54) is 193 Å². The minimum absolute atomic E-state index is 0.0797. The third kappa shape index (κ3) is 58.3. The summed E-state index contributed by atoms with van der Waals surface area (Å²) < 4.78 is 16.9. The fourth-order valence-electron chi connectivity index (χ4n) is 9.34. The van der Waals surface area contributed by atoms with Crippen LogP contribution in [0.2, 0.25) is 0 Å². The van der Waals surface area contributed by atoms with Crippen molar-refractivity contribution in [3.05, 3.63) is 48.6 Å². The molecule has 0 heterocycles. The first-order chi connectivity index (χ1) is 35.5. The van der Waals surface area contributed by atoms with E-state index in [0.29, 0.717) is 19.3 Å². The van der Waals surface area contributed by atoms with Crippen molar-refractivity contribution in [3.63, 3.8) is 0 Å². The normalized spacial score (nSPS) is 12.3. The van der Waals surface area contributed by atoms with Crippen molar-refractivity contribution >= 4 is 17.9 Å². The molecule has 72 heavy (non-hydrogen) atoms. The van der Waals surface area contributed by atoms with Crippen molar-refractivity contribution in [3.8, 4) is 0 Å². The van der Waals surface area contributed by atoms with Gasteiger partial charge in [0.25, 0.3) is 0 Å². The highest BCUT2D eigenvalue weighted by atomic mass is 16.6. The summed E-state index contributed by atoms with van der Waals surface area (Å²) in [5.41, 5.74) is 0. The second-order valence-electron chi connectivity index (χ2n) is 21.3. The van der Waals surface area contributed by atoms with Crippen LogP contribution in [-0.2, 0) is 28.6 Å². The number of esters is 3. The van der Waals surface area contributed by atoms with E-state index in [1.54, 1.807) is 0 Å². The zero-order valence-electron chi connectivity index (χ0n) is 48.2. The predicted molar refractivity (Wildman–Crippen MR) is 312 cm³/mol. The van der Waals surface area contributed by atoms with Gasteiger partial charge in [0.1, 0.15) is 13.2 Å². The number of rotatable bonds is 58. The fraction of sp³-hybridized carbons (Fsp3) is 0.833. The highest BCUT2D eigenvalue weighted by Gasteiger charge is 2.19. The van der Waals surface area contributed by atoms with E-state index < -0.39 is 6.10 Å². The molecule has 0 amide bonds. The van der Waals surface area contributed by atoms with Gasteiger partial charge in [0, 0.05) is 19.3 Å². The summed E-state index contributed by atoms with van der Waals surface area (Å²) in [4.78, 5) is 38.2. The van der Waals surface area contributed by atoms with Crippen LogP contribution in [0.1, 0.15) is 335 Å². The summed E-state index contributed by atoms with van der Waals surface area (Å²) in [6.45, 7) is 6.53. The highest BCUT2D eigenvalue weighted by Crippen LogP contribution is 2.18. The molecule has 0 aromatic carbocycles. The Balaban J connectivity index is 4.18. The van der Waals surface area contributed by atoms with E-state index >= 15 is 0 Å². The second kappa shape index (κ2) is 60.9. The number of hydrogen-bond donors (Lipinski definition) is 0. The van der Waals surface area contributed by atoms with Gasteiger partial charge in [0.05, 0.1) is 0 Å². The van der Waals surface area contributed by atoms with Crippen LogP contribution < -0.4 is 0 Å². The summed E-state index contributed by atoms with van der Waals surface area (Å²) in [6.07, 6.45) is 75.6. The van der Waals surface area contributed by atoms with E-state index in [-0.39, 0.29) is 31.1 Å². The summed E-state index contributed by atoms with van der Waals surface area (Å²) in [7, 11) is 0. The summed E-state index contributed by atoms with van der Waals surface area (Å²) in [5.74, 6) is -0.890. The van der Waals surface area contributed by atoms with Crippen LogP contribution in [0.3, 0.4) is 0 Å². The Morgan fingerprint density at radius 2 is 0.542 bits per heavy atom. The molecule has 0 aliphatic heterocycles. The van der Waals surface area contributed by atoms with Gasteiger partial charge < -0.3 is 14.2 Å². The van der Waals surface area contributed by atoms with Crippen molar-refractivity contribution in [2.24, 2.45) is 0 Å². The number of carbonyl (C=O) groups is 3. The third-order valence-corrected chi connectivity index (χ3v) is 14.1. The molecule has 0 N–H and O–H groups in total. The van der Waals surface area contributed by atoms with E-state index in [0.717, 1.165) is 103 Å². The van der Waals surface area contributed by atoms with Gasteiger partial charge in [-0.3, -0.25) is 14.4 Å². The summed E-state index contributed by atoms with van der Waals surface area (Å²) >= 11 is 0. The van der Waals surface area contributed by atoms with E-state index in [2.05, 4.69) is 69.4 Å². The minimum Gasteiger partial charge on any atom is -0.462 e. The Bertz CT molecular complexity index is 1250. The lowest BCUT2D eigenvalue weighted by Gasteiger charge is -2.18. The molecule has 0 radical (unpaired) electrons. The van der Waals surface area contributed by atoms with Crippen LogP contribution in [-0.4, -0.2) is 37.2 Å². The van der Waals surface area contributed by atoms with E-state index in [4.69, 9.17) is 14.2 Å². The summed E-state index contributed by atoms with van der Waals surface area (Å²) in [6, 6.07) is 0. The first-order valence-corrected chi connectivity index (χ1v) is 31.6. The quantitative estimate of drug-likeness (QED) is 0.0261. The molecule has 0 rings (SSSR count). The van der Waals surface area contributed by atoms with Gasteiger partial charge in [-0.15, -0.1) is 0 Å². The molecule has 0 aliphatic carbocycles. The van der Waals surface area contributed by atoms with Crippen LogP contribution in [0.4, 0.5) is 0 Å². The molecule has 1 atom stereocenters. The van der Waals surface area contributed by atoms with Gasteiger partial charge in [-0.1, -0.05) is 288 Å². The Hall–Kier alpha value is -2.63. The van der Waals surface area contributed by atoms with Crippen molar-refractivity contribution in [1.82, 2.24) is 0 Å². The first kappa shape index (κ1) is 69.4. The van der Waals surface area contributed by atoms with Gasteiger partial charge in [0.2, 0.25) is 0 Å². The van der Waals surface area contributed by atoms with Gasteiger partial charge in [-0.2, -0.15) is 0 Å². The Labute approximate surface area is 448 Å². The number of carbonyl (C=O) groups excluding carboxylic acids is 3. The molecule has 0 saturated carbocycles. The highest BCUT2D eigenvalue weighted by molar-refractivity contribution is 5.71. The van der Waals surface area contributed by atoms with E-state index in [9.17, 15) is 14.4 Å². The Morgan fingerprint density at radius 1 is 0.292 bits per heavy atom. The molecule has 6 heteroatoms. The molecule has 0 fully saturated rings. The molecule has 0 spiro atoms. The minimum atomic E-state index is -0.784. The van der Waals surface area contributed by atoms with Gasteiger partial charge >= 0.3 is 17.9 Å². The monoisotopic (exact) mass is 1010 g/mol. The fourth-order valence-corrected chi connectivity index (χ4v) is 9.34. The molecular weight excluding hydrogens is 889 g/mol. The Kier molecular flexibility index (Phi) is 58.7. The molecule has 0 saturated heterocycles. The molecule has 0 bridgehead atoms. The number of allylic oxidation sites excluding steroid dienone is 8. The predicted octanol–water partition coefficient (Wildman–Crippen LogP) is 21.4. The van der Waals surface area contributed by atoms with Crippen molar-refractivity contribution in [2.45, 2.75) is 341 Å². The lowest BCUT2D eigenvalue weighted by molar-refractivity contribution is -0.167. The van der Waals surface area contributed by atoms with E-state index in [1.807, 2.05) is 0 Å². The van der Waals surface area contributed by atoms with Crippen molar-refractivity contribution < 1.29 is 28.6 Å². The maximum Gasteiger partial charge on any atom is 0.306 e. The van der Waals surface area contributed by atoms with Gasteiger partial charge in [-0.05, 0) is 77.0 Å². The Morgan fingerprint density at radius 3 is 0.889 bits per heavy atom. The van der Waals surface area contributed by atoms with Crippen molar-refractivity contribution in [1.29, 1.82) is 0 Å². The van der Waals surface area contributed by atoms with Crippen LogP contribution in [0.25, 0.3) is 0 Å². The molecule has 420 valence electrons. The molecule has 0 aromatic rings. The van der Waals surface area contributed by atoms with Gasteiger partial charge in [0.15, 0.2) is 6.10 Å². The standard InChI is InChI=1S/C66H120O6/c1-4-7-10-13-16-19-22-25-27-28-29-30-31-32-33-34-35-36-37-38-40-41-44-47-50-53-56-59-65(68)71-62-63(61-70-64(67)58-55-52-49-46-43-24-21-18-15-12-9-6-3)72-66(69)60-57-54-51-48-45-42-39-26-23-20-17-14-11-8-5-2/h8,11,17-18,20-21,26,39,63H,4-7,9-10,12-16,19,22-25,27-38,40-62H2,1-3H3/b11-8-,20-17-,21-18-,39-26-. The molecule has 1 unspecified atom stereocenters. The maximum absolute atomic E-state index is 12.9. The zero-order valence-corrected chi connectivity index (χ0v) is 48.2. The number of unbranched alkanes of at least 4 members (excludes halogenated alkanes) is 39. The molecule has 0 aromatic heterocycles. The van der Waals surface area contributed by atoms with Crippen LogP contribution in [0.5, 0.6) is 0 Å². The molecular formula is C66H120O6. The molecule has 0 aliphatic rings. The smallest absolute Gasteiger partial charge is 0.306 e. The van der Waals surface area contributed by atoms with Crippen LogP contribution >= 0.6 is 0 Å². The number of hydrogen-bond acceptors (Lipinski definition) is 6. The average Bonchev–Trinajstić information content (AvgIpc) is 3.38. The molecule has 6 nitrogen and oxygen atoms in total. The average molecular weight is 1010 g/mol. The zero-order chi connectivity index (χ0) is 52.2. The van der Waals surface area contributed by atoms with Crippen LogP contribution in [0, 0.1) is 0 Å². The second-order valence-corrected chi connectivity index (χ2v) is 21.3. The first-order valence-electron chi connectivity index (χ1n) is 31.6. The van der Waals surface area contributed by atoms with Gasteiger partial charge in [-0.25, -0.2) is 0 Å². The topological polar surface area (TPSA) is 78.9 Å². The van der Waals surface area contributed by atoms with Crippen molar-refractivity contribution in [2.75, 3.05) is 13.2 Å². The third-order valence-electron chi connectivity index (χ3n) is 14.1. The summed E-state index contributed by atoms with van der Waals surface area (Å²) in [5, 5.41) is 0.